The van der Waals surface area contributed by atoms with Crippen LogP contribution in [0.5, 0.6) is 0 Å². The lowest BCUT2D eigenvalue weighted by atomic mass is 9.83. The predicted octanol–water partition coefficient (Wildman–Crippen LogP) is 3.45. The van der Waals surface area contributed by atoms with Gasteiger partial charge in [-0.15, -0.1) is 0 Å². The number of carbonyl (C=O) groups is 3. The second-order valence-corrected chi connectivity index (χ2v) is 7.28. The minimum atomic E-state index is -1.34. The summed E-state index contributed by atoms with van der Waals surface area (Å²) in [5, 5.41) is 5.20. The van der Waals surface area contributed by atoms with Crippen molar-refractivity contribution in [2.75, 3.05) is 11.9 Å². The maximum Gasteiger partial charge on any atom is 0.325 e. The van der Waals surface area contributed by atoms with Gasteiger partial charge in [0.15, 0.2) is 5.54 Å². The molecule has 1 fully saturated rings. The van der Waals surface area contributed by atoms with Crippen molar-refractivity contribution >= 4 is 23.5 Å². The third-order valence-electron chi connectivity index (χ3n) is 5.20. The zero-order valence-electron chi connectivity index (χ0n) is 16.5. The first-order valence-corrected chi connectivity index (χ1v) is 9.77. The van der Waals surface area contributed by atoms with Gasteiger partial charge in [-0.2, -0.15) is 0 Å². The van der Waals surface area contributed by atoms with Crippen molar-refractivity contribution in [3.05, 3.63) is 102 Å². The van der Waals surface area contributed by atoms with Crippen molar-refractivity contribution in [3.63, 3.8) is 0 Å². The SMILES string of the molecule is O=C(CN1C(=O)N[C@](Cc2ccccc2)(c2ccccc2)C1=O)Nc1ccccc1F. The van der Waals surface area contributed by atoms with Crippen LogP contribution in [0.2, 0.25) is 0 Å². The lowest BCUT2D eigenvalue weighted by Crippen LogP contribution is -2.46. The number of hydrogen-bond acceptors (Lipinski definition) is 3. The molecular weight excluding hydrogens is 397 g/mol. The van der Waals surface area contributed by atoms with Crippen LogP contribution in [0, 0.1) is 5.82 Å². The van der Waals surface area contributed by atoms with Crippen molar-refractivity contribution in [3.8, 4) is 0 Å². The first kappa shape index (κ1) is 20.3. The van der Waals surface area contributed by atoms with E-state index in [2.05, 4.69) is 10.6 Å². The summed E-state index contributed by atoms with van der Waals surface area (Å²) < 4.78 is 13.8. The standard InChI is InChI=1S/C24H20FN3O3/c25-19-13-7-8-14-20(19)26-21(29)16-28-22(30)24(27-23(28)31,18-11-5-2-6-12-18)15-17-9-3-1-4-10-17/h1-14H,15-16H2,(H,26,29)(H,27,31)/t24-/m1/s1. The Kier molecular flexibility index (Phi) is 5.49. The van der Waals surface area contributed by atoms with Crippen LogP contribution in [0.25, 0.3) is 0 Å². The molecule has 1 aliphatic heterocycles. The third-order valence-corrected chi connectivity index (χ3v) is 5.20. The molecule has 31 heavy (non-hydrogen) atoms. The summed E-state index contributed by atoms with van der Waals surface area (Å²) in [4.78, 5) is 39.6. The van der Waals surface area contributed by atoms with E-state index in [1.807, 2.05) is 36.4 Å². The molecule has 7 heteroatoms. The summed E-state index contributed by atoms with van der Waals surface area (Å²) in [6.07, 6.45) is 0.230. The van der Waals surface area contributed by atoms with Crippen LogP contribution in [-0.2, 0) is 21.5 Å². The number of amides is 4. The molecule has 2 N–H and O–H groups in total. The Balaban J connectivity index is 1.61. The number of hydrogen-bond donors (Lipinski definition) is 2. The van der Waals surface area contributed by atoms with Gasteiger partial charge in [0.1, 0.15) is 12.4 Å². The van der Waals surface area contributed by atoms with Crippen LogP contribution in [0.15, 0.2) is 84.9 Å². The number of imide groups is 1. The van der Waals surface area contributed by atoms with Crippen LogP contribution < -0.4 is 10.6 Å². The van der Waals surface area contributed by atoms with Gasteiger partial charge < -0.3 is 10.6 Å². The Morgan fingerprint density at radius 3 is 2.19 bits per heavy atom. The lowest BCUT2D eigenvalue weighted by molar-refractivity contribution is -0.134. The van der Waals surface area contributed by atoms with Crippen molar-refractivity contribution in [1.82, 2.24) is 10.2 Å². The van der Waals surface area contributed by atoms with E-state index in [0.29, 0.717) is 5.56 Å². The molecule has 0 aliphatic carbocycles. The van der Waals surface area contributed by atoms with Crippen LogP contribution in [-0.4, -0.2) is 29.3 Å². The fourth-order valence-electron chi connectivity index (χ4n) is 3.71. The number of rotatable bonds is 6. The fraction of sp³-hybridized carbons (Fsp3) is 0.125. The van der Waals surface area contributed by atoms with E-state index in [0.717, 1.165) is 10.5 Å². The van der Waals surface area contributed by atoms with E-state index >= 15 is 0 Å². The summed E-state index contributed by atoms with van der Waals surface area (Å²) in [7, 11) is 0. The molecule has 1 heterocycles. The van der Waals surface area contributed by atoms with Gasteiger partial charge in [-0.25, -0.2) is 9.18 Å². The second kappa shape index (κ2) is 8.39. The highest BCUT2D eigenvalue weighted by Gasteiger charge is 2.52. The van der Waals surface area contributed by atoms with Gasteiger partial charge in [-0.3, -0.25) is 14.5 Å². The minimum absolute atomic E-state index is 0.0156. The molecule has 0 spiro atoms. The van der Waals surface area contributed by atoms with Gasteiger partial charge in [-0.05, 0) is 23.3 Å². The van der Waals surface area contributed by atoms with E-state index in [9.17, 15) is 18.8 Å². The molecule has 0 saturated carbocycles. The van der Waals surface area contributed by atoms with Crippen LogP contribution in [0.3, 0.4) is 0 Å². The molecule has 1 saturated heterocycles. The Labute approximate surface area is 178 Å². The number of para-hydroxylation sites is 1. The predicted molar refractivity (Wildman–Crippen MR) is 114 cm³/mol. The molecular formula is C24H20FN3O3. The van der Waals surface area contributed by atoms with E-state index in [1.54, 1.807) is 30.3 Å². The quantitative estimate of drug-likeness (QED) is 0.603. The third kappa shape index (κ3) is 4.02. The molecule has 4 rings (SSSR count). The number of anilines is 1. The fourth-order valence-corrected chi connectivity index (χ4v) is 3.71. The summed E-state index contributed by atoms with van der Waals surface area (Å²) in [6, 6.07) is 23.3. The van der Waals surface area contributed by atoms with Gasteiger partial charge in [0.2, 0.25) is 5.91 Å². The van der Waals surface area contributed by atoms with E-state index in [1.165, 1.54) is 18.2 Å². The van der Waals surface area contributed by atoms with Crippen molar-refractivity contribution in [1.29, 1.82) is 0 Å². The number of halogens is 1. The Morgan fingerprint density at radius 1 is 0.903 bits per heavy atom. The largest absolute Gasteiger partial charge is 0.325 e. The Bertz CT molecular complexity index is 1120. The maximum absolute atomic E-state index is 13.8. The average molecular weight is 417 g/mol. The number of benzene rings is 3. The van der Waals surface area contributed by atoms with Crippen molar-refractivity contribution < 1.29 is 18.8 Å². The second-order valence-electron chi connectivity index (χ2n) is 7.28. The van der Waals surface area contributed by atoms with E-state index < -0.39 is 35.7 Å². The first-order chi connectivity index (χ1) is 15.0. The molecule has 0 bridgehead atoms. The molecule has 1 aliphatic rings. The van der Waals surface area contributed by atoms with Crippen LogP contribution in [0.4, 0.5) is 14.9 Å². The average Bonchev–Trinajstić information content (AvgIpc) is 3.01. The van der Waals surface area contributed by atoms with E-state index in [4.69, 9.17) is 0 Å². The molecule has 6 nitrogen and oxygen atoms in total. The van der Waals surface area contributed by atoms with Gasteiger partial charge in [-0.1, -0.05) is 72.8 Å². The van der Waals surface area contributed by atoms with Gasteiger partial charge in [0.05, 0.1) is 5.69 Å². The Hall–Kier alpha value is -4.00. The molecule has 3 aromatic rings. The number of nitrogens with one attached hydrogen (secondary N) is 2. The molecule has 0 radical (unpaired) electrons. The van der Waals surface area contributed by atoms with E-state index in [-0.39, 0.29) is 12.1 Å². The molecule has 4 amide bonds. The molecule has 1 atom stereocenters. The highest BCUT2D eigenvalue weighted by Crippen LogP contribution is 2.33. The normalized spacial score (nSPS) is 18.0. The number of nitrogens with zero attached hydrogens (tertiary/aromatic N) is 1. The zero-order chi connectivity index (χ0) is 21.8. The molecule has 3 aromatic carbocycles. The number of carbonyl (C=O) groups excluding carboxylic acids is 3. The van der Waals surface area contributed by atoms with Gasteiger partial charge >= 0.3 is 6.03 Å². The minimum Gasteiger partial charge on any atom is -0.322 e. The van der Waals surface area contributed by atoms with Crippen molar-refractivity contribution in [2.24, 2.45) is 0 Å². The van der Waals surface area contributed by atoms with Gasteiger partial charge in [0, 0.05) is 6.42 Å². The molecule has 0 aromatic heterocycles. The van der Waals surface area contributed by atoms with Crippen LogP contribution in [0.1, 0.15) is 11.1 Å². The Morgan fingerprint density at radius 2 is 1.52 bits per heavy atom. The summed E-state index contributed by atoms with van der Waals surface area (Å²) >= 11 is 0. The smallest absolute Gasteiger partial charge is 0.322 e. The highest BCUT2D eigenvalue weighted by molar-refractivity contribution is 6.10. The monoisotopic (exact) mass is 417 g/mol. The maximum atomic E-state index is 13.8. The van der Waals surface area contributed by atoms with Crippen LogP contribution >= 0.6 is 0 Å². The zero-order valence-corrected chi connectivity index (χ0v) is 16.5. The topological polar surface area (TPSA) is 78.5 Å². The summed E-state index contributed by atoms with van der Waals surface area (Å²) in [6.45, 7) is -0.525. The molecule has 156 valence electrons. The highest BCUT2D eigenvalue weighted by atomic mass is 19.1. The summed E-state index contributed by atoms with van der Waals surface area (Å²) in [5.74, 6) is -1.80. The lowest BCUT2D eigenvalue weighted by Gasteiger charge is -2.27. The summed E-state index contributed by atoms with van der Waals surface area (Å²) in [5.41, 5.74) is 0.128. The molecule has 0 unspecified atom stereocenters. The number of urea groups is 1. The first-order valence-electron chi connectivity index (χ1n) is 9.77. The van der Waals surface area contributed by atoms with Crippen molar-refractivity contribution in [2.45, 2.75) is 12.0 Å². The van der Waals surface area contributed by atoms with Gasteiger partial charge in [0.25, 0.3) is 5.91 Å².